The van der Waals surface area contributed by atoms with E-state index in [9.17, 15) is 4.79 Å². The molecule has 102 valence electrons. The Kier molecular flexibility index (Phi) is 4.30. The fourth-order valence-electron chi connectivity index (χ4n) is 1.68. The van der Waals surface area contributed by atoms with Crippen LogP contribution >= 0.6 is 0 Å². The van der Waals surface area contributed by atoms with Gasteiger partial charge in [0.05, 0.1) is 12.7 Å². The van der Waals surface area contributed by atoms with E-state index in [4.69, 9.17) is 10.5 Å². The Balaban J connectivity index is 2.01. The first kappa shape index (κ1) is 13.3. The van der Waals surface area contributed by atoms with E-state index in [-0.39, 0.29) is 5.56 Å². The summed E-state index contributed by atoms with van der Waals surface area (Å²) >= 11 is 0. The third-order valence-electron chi connectivity index (χ3n) is 2.71. The second-order valence-corrected chi connectivity index (χ2v) is 4.06. The topological polar surface area (TPSA) is 88.0 Å². The molecule has 0 aliphatic rings. The number of aryl methyl sites for hydroxylation is 3. The van der Waals surface area contributed by atoms with Gasteiger partial charge in [0.2, 0.25) is 0 Å². The summed E-state index contributed by atoms with van der Waals surface area (Å²) in [5.74, 6) is 1.36. The molecule has 0 radical (unpaired) electrons. The lowest BCUT2D eigenvalue weighted by Crippen LogP contribution is -2.24. The molecule has 0 saturated heterocycles. The zero-order valence-corrected chi connectivity index (χ0v) is 10.8. The minimum atomic E-state index is -0.188. The van der Waals surface area contributed by atoms with Gasteiger partial charge in [-0.3, -0.25) is 4.79 Å². The highest BCUT2D eigenvalue weighted by Gasteiger charge is 2.02. The molecule has 2 aromatic heterocycles. The SMILES string of the molecule is Cc1nccn1CCn1ncc(OCCN)cc1=O. The van der Waals surface area contributed by atoms with Crippen molar-refractivity contribution in [3.63, 3.8) is 0 Å². The average molecular weight is 263 g/mol. The van der Waals surface area contributed by atoms with Crippen LogP contribution in [0.25, 0.3) is 0 Å². The second-order valence-electron chi connectivity index (χ2n) is 4.06. The summed E-state index contributed by atoms with van der Waals surface area (Å²) in [5.41, 5.74) is 5.14. The first-order valence-corrected chi connectivity index (χ1v) is 6.08. The van der Waals surface area contributed by atoms with Crippen LogP contribution in [0.5, 0.6) is 5.75 Å². The first-order chi connectivity index (χ1) is 9.20. The predicted molar refractivity (Wildman–Crippen MR) is 70.0 cm³/mol. The lowest BCUT2D eigenvalue weighted by molar-refractivity contribution is 0.323. The Labute approximate surface area is 110 Å². The van der Waals surface area contributed by atoms with Crippen LogP contribution in [0.1, 0.15) is 5.82 Å². The van der Waals surface area contributed by atoms with E-state index in [0.717, 1.165) is 5.82 Å². The molecule has 2 rings (SSSR count). The quantitative estimate of drug-likeness (QED) is 0.779. The van der Waals surface area contributed by atoms with Crippen LogP contribution in [-0.2, 0) is 13.1 Å². The molecule has 19 heavy (non-hydrogen) atoms. The summed E-state index contributed by atoms with van der Waals surface area (Å²) in [6, 6.07) is 1.42. The summed E-state index contributed by atoms with van der Waals surface area (Å²) in [6.07, 6.45) is 5.13. The Morgan fingerprint density at radius 1 is 1.42 bits per heavy atom. The summed E-state index contributed by atoms with van der Waals surface area (Å²) < 4.78 is 8.61. The van der Waals surface area contributed by atoms with Gasteiger partial charge in [-0.15, -0.1) is 0 Å². The third-order valence-corrected chi connectivity index (χ3v) is 2.71. The summed E-state index contributed by atoms with van der Waals surface area (Å²) in [7, 11) is 0. The number of rotatable bonds is 6. The Morgan fingerprint density at radius 2 is 2.26 bits per heavy atom. The van der Waals surface area contributed by atoms with Gasteiger partial charge in [-0.1, -0.05) is 0 Å². The van der Waals surface area contributed by atoms with Gasteiger partial charge in [0.25, 0.3) is 5.56 Å². The van der Waals surface area contributed by atoms with Crippen molar-refractivity contribution < 1.29 is 4.74 Å². The van der Waals surface area contributed by atoms with Gasteiger partial charge in [0.15, 0.2) is 0 Å². The molecule has 0 unspecified atom stereocenters. The largest absolute Gasteiger partial charge is 0.490 e. The van der Waals surface area contributed by atoms with Crippen LogP contribution in [0.15, 0.2) is 29.5 Å². The minimum Gasteiger partial charge on any atom is -0.490 e. The Hall–Kier alpha value is -2.15. The van der Waals surface area contributed by atoms with Gasteiger partial charge in [-0.25, -0.2) is 9.67 Å². The van der Waals surface area contributed by atoms with Crippen LogP contribution in [0, 0.1) is 6.92 Å². The van der Waals surface area contributed by atoms with E-state index >= 15 is 0 Å². The fourth-order valence-corrected chi connectivity index (χ4v) is 1.68. The molecule has 0 atom stereocenters. The fraction of sp³-hybridized carbons (Fsp3) is 0.417. The Bertz CT molecular complexity index is 590. The van der Waals surface area contributed by atoms with Crippen molar-refractivity contribution >= 4 is 0 Å². The van der Waals surface area contributed by atoms with Gasteiger partial charge in [0, 0.05) is 31.5 Å². The molecule has 0 fully saturated rings. The maximum Gasteiger partial charge on any atom is 0.270 e. The third kappa shape index (κ3) is 3.41. The van der Waals surface area contributed by atoms with Gasteiger partial charge in [-0.05, 0) is 6.92 Å². The molecule has 0 aliphatic carbocycles. The van der Waals surface area contributed by atoms with E-state index in [2.05, 4.69) is 10.1 Å². The number of hydrogen-bond donors (Lipinski definition) is 1. The van der Waals surface area contributed by atoms with Crippen molar-refractivity contribution in [3.05, 3.63) is 40.8 Å². The van der Waals surface area contributed by atoms with Crippen LogP contribution in [0.3, 0.4) is 0 Å². The van der Waals surface area contributed by atoms with Gasteiger partial charge in [-0.2, -0.15) is 5.10 Å². The number of hydrogen-bond acceptors (Lipinski definition) is 5. The summed E-state index contributed by atoms with van der Waals surface area (Å²) in [4.78, 5) is 15.9. The van der Waals surface area contributed by atoms with Crippen molar-refractivity contribution in [1.29, 1.82) is 0 Å². The smallest absolute Gasteiger partial charge is 0.270 e. The molecule has 7 heteroatoms. The molecular formula is C12H17N5O2. The number of nitrogens with zero attached hydrogens (tertiary/aromatic N) is 4. The van der Waals surface area contributed by atoms with E-state index < -0.39 is 0 Å². The lowest BCUT2D eigenvalue weighted by Gasteiger charge is -2.08. The van der Waals surface area contributed by atoms with Crippen LogP contribution in [-0.4, -0.2) is 32.5 Å². The highest BCUT2D eigenvalue weighted by Crippen LogP contribution is 2.03. The molecule has 0 saturated carbocycles. The Morgan fingerprint density at radius 3 is 2.89 bits per heavy atom. The molecule has 2 aromatic rings. The zero-order valence-electron chi connectivity index (χ0n) is 10.8. The van der Waals surface area contributed by atoms with E-state index in [0.29, 0.717) is 32.0 Å². The normalized spacial score (nSPS) is 10.6. The summed E-state index contributed by atoms with van der Waals surface area (Å²) in [6.45, 7) is 3.84. The van der Waals surface area contributed by atoms with Crippen molar-refractivity contribution in [2.45, 2.75) is 20.0 Å². The first-order valence-electron chi connectivity index (χ1n) is 6.08. The molecule has 0 bridgehead atoms. The zero-order chi connectivity index (χ0) is 13.7. The molecule has 2 heterocycles. The second kappa shape index (κ2) is 6.14. The standard InChI is InChI=1S/C12H17N5O2/c1-10-14-3-4-16(10)5-6-17-12(18)8-11(9-15-17)19-7-2-13/h3-4,8-9H,2,5-7,13H2,1H3. The summed E-state index contributed by atoms with van der Waals surface area (Å²) in [5, 5.41) is 4.06. The van der Waals surface area contributed by atoms with Crippen LogP contribution in [0.4, 0.5) is 0 Å². The minimum absolute atomic E-state index is 0.188. The molecule has 0 aliphatic heterocycles. The van der Waals surface area contributed by atoms with Gasteiger partial charge < -0.3 is 15.0 Å². The van der Waals surface area contributed by atoms with E-state index in [1.54, 1.807) is 6.20 Å². The number of aromatic nitrogens is 4. The van der Waals surface area contributed by atoms with Crippen LogP contribution in [0.2, 0.25) is 0 Å². The molecule has 0 amide bonds. The average Bonchev–Trinajstić information content (AvgIpc) is 2.81. The van der Waals surface area contributed by atoms with Gasteiger partial charge in [0.1, 0.15) is 18.2 Å². The van der Waals surface area contributed by atoms with Crippen molar-refractivity contribution in [2.24, 2.45) is 5.73 Å². The monoisotopic (exact) mass is 263 g/mol. The van der Waals surface area contributed by atoms with E-state index in [1.165, 1.54) is 16.9 Å². The van der Waals surface area contributed by atoms with Gasteiger partial charge >= 0.3 is 0 Å². The van der Waals surface area contributed by atoms with Crippen molar-refractivity contribution in [1.82, 2.24) is 19.3 Å². The molecular weight excluding hydrogens is 246 g/mol. The number of ether oxygens (including phenoxy) is 1. The molecule has 7 nitrogen and oxygen atoms in total. The number of nitrogens with two attached hydrogens (primary N) is 1. The highest BCUT2D eigenvalue weighted by atomic mass is 16.5. The predicted octanol–water partition coefficient (Wildman–Crippen LogP) is -0.214. The van der Waals surface area contributed by atoms with E-state index in [1.807, 2.05) is 17.7 Å². The maximum atomic E-state index is 11.8. The molecule has 2 N–H and O–H groups in total. The maximum absolute atomic E-state index is 11.8. The van der Waals surface area contributed by atoms with Crippen molar-refractivity contribution in [2.75, 3.05) is 13.2 Å². The molecule has 0 aromatic carbocycles. The van der Waals surface area contributed by atoms with Crippen molar-refractivity contribution in [3.8, 4) is 5.75 Å². The van der Waals surface area contributed by atoms with Crippen LogP contribution < -0.4 is 16.0 Å². The molecule has 0 spiro atoms. The number of imidazole rings is 1. The lowest BCUT2D eigenvalue weighted by atomic mass is 10.5. The highest BCUT2D eigenvalue weighted by molar-refractivity contribution is 5.13.